The Kier molecular flexibility index (Phi) is 3.17. The van der Waals surface area contributed by atoms with E-state index < -0.39 is 5.91 Å². The number of hydrogen-bond acceptors (Lipinski definition) is 3. The van der Waals surface area contributed by atoms with Gasteiger partial charge in [0.15, 0.2) is 0 Å². The van der Waals surface area contributed by atoms with Gasteiger partial charge in [0.05, 0.1) is 5.56 Å². The van der Waals surface area contributed by atoms with Crippen molar-refractivity contribution in [2.24, 2.45) is 12.2 Å². The zero-order valence-electron chi connectivity index (χ0n) is 11.9. The Balaban J connectivity index is 2.39. The average Bonchev–Trinajstić information content (AvgIpc) is 2.79. The number of fused-ring (bicyclic) bond motifs is 1. The van der Waals surface area contributed by atoms with E-state index in [4.69, 9.17) is 0 Å². The molecule has 5 nitrogen and oxygen atoms in total. The van der Waals surface area contributed by atoms with Gasteiger partial charge >= 0.3 is 5.91 Å². The van der Waals surface area contributed by atoms with Gasteiger partial charge in [0.1, 0.15) is 0 Å². The molecule has 1 aliphatic rings. The highest BCUT2D eigenvalue weighted by Gasteiger charge is 2.22. The van der Waals surface area contributed by atoms with Gasteiger partial charge in [0.25, 0.3) is 0 Å². The predicted molar refractivity (Wildman–Crippen MR) is 82.9 cm³/mol. The molecule has 0 unspecified atom stereocenters. The summed E-state index contributed by atoms with van der Waals surface area (Å²) in [5, 5.41) is 6.57. The Morgan fingerprint density at radius 2 is 2.19 bits per heavy atom. The summed E-state index contributed by atoms with van der Waals surface area (Å²) in [7, 11) is 1.89. The molecule has 0 spiro atoms. The van der Waals surface area contributed by atoms with Gasteiger partial charge in [0.2, 0.25) is 0 Å². The number of hydrogen-bond donors (Lipinski definition) is 1. The maximum Gasteiger partial charge on any atom is 0.319 e. The van der Waals surface area contributed by atoms with E-state index in [0.717, 1.165) is 27.7 Å². The molecule has 2 heterocycles. The lowest BCUT2D eigenvalue weighted by Crippen LogP contribution is -2.12. The smallest absolute Gasteiger partial charge is 0.319 e. The van der Waals surface area contributed by atoms with Crippen LogP contribution in [-0.2, 0) is 7.05 Å². The number of nitrogens with zero attached hydrogens (tertiary/aromatic N) is 2. The fraction of sp³-hybridized carbons (Fsp3) is 0.188. The molecule has 1 aromatic carbocycles. The van der Waals surface area contributed by atoms with Gasteiger partial charge in [-0.2, -0.15) is 0 Å². The summed E-state index contributed by atoms with van der Waals surface area (Å²) in [6.07, 6.45) is 5.81. The molecule has 0 saturated carbocycles. The van der Waals surface area contributed by atoms with Crippen LogP contribution in [0.1, 0.15) is 21.6 Å². The molecule has 1 N–H and O–H groups in total. The lowest BCUT2D eigenvalue weighted by molar-refractivity contribution is 0.100. The van der Waals surface area contributed by atoms with Crippen molar-refractivity contribution in [1.82, 2.24) is 9.88 Å². The largest absolute Gasteiger partial charge is 0.387 e. The van der Waals surface area contributed by atoms with Crippen LogP contribution in [0.2, 0.25) is 0 Å². The molecule has 3 rings (SSSR count). The topological polar surface area (TPSA) is 63.5 Å². The summed E-state index contributed by atoms with van der Waals surface area (Å²) in [4.78, 5) is 22.7. The first-order valence-corrected chi connectivity index (χ1v) is 6.70. The Morgan fingerprint density at radius 1 is 1.38 bits per heavy atom. The molecule has 5 heteroatoms. The van der Waals surface area contributed by atoms with Crippen molar-refractivity contribution in [2.75, 3.05) is 6.54 Å². The predicted octanol–water partition coefficient (Wildman–Crippen LogP) is 2.89. The number of allylic oxidation sites excluding steroid dienone is 2. The van der Waals surface area contributed by atoms with Crippen LogP contribution in [0, 0.1) is 11.8 Å². The third-order valence-corrected chi connectivity index (χ3v) is 3.97. The molecule has 0 aliphatic carbocycles. The van der Waals surface area contributed by atoms with Gasteiger partial charge < -0.3 is 9.88 Å². The highest BCUT2D eigenvalue weighted by molar-refractivity contribution is 6.12. The van der Waals surface area contributed by atoms with Crippen LogP contribution >= 0.6 is 0 Å². The van der Waals surface area contributed by atoms with E-state index in [1.54, 1.807) is 0 Å². The number of benzene rings is 1. The highest BCUT2D eigenvalue weighted by Crippen LogP contribution is 2.32. The fourth-order valence-corrected chi connectivity index (χ4v) is 2.83. The minimum absolute atomic E-state index is 0.397. The quantitative estimate of drug-likeness (QED) is 0.861. The highest BCUT2D eigenvalue weighted by atomic mass is 16.3. The minimum atomic E-state index is -0.717. The molecular weight excluding hydrogens is 266 g/mol. The van der Waals surface area contributed by atoms with Crippen molar-refractivity contribution in [3.63, 3.8) is 0 Å². The summed E-state index contributed by atoms with van der Waals surface area (Å²) in [5.74, 6) is -0.717. The van der Waals surface area contributed by atoms with Crippen molar-refractivity contribution in [3.05, 3.63) is 58.3 Å². The van der Waals surface area contributed by atoms with Crippen LogP contribution in [0.15, 0.2) is 41.7 Å². The lowest BCUT2D eigenvalue weighted by Gasteiger charge is -2.13. The van der Waals surface area contributed by atoms with Crippen LogP contribution in [0.4, 0.5) is 0 Å². The molecule has 21 heavy (non-hydrogen) atoms. The normalized spacial score (nSPS) is 13.9. The van der Waals surface area contributed by atoms with E-state index in [1.807, 2.05) is 55.1 Å². The second kappa shape index (κ2) is 5.01. The zero-order chi connectivity index (χ0) is 15.0. The number of carbonyl (C=O) groups excluding carboxylic acids is 1. The number of aromatic nitrogens is 1. The van der Waals surface area contributed by atoms with E-state index in [9.17, 15) is 9.70 Å². The van der Waals surface area contributed by atoms with Crippen molar-refractivity contribution in [3.8, 4) is 0 Å². The van der Waals surface area contributed by atoms with Crippen LogP contribution in [-0.4, -0.2) is 17.0 Å². The van der Waals surface area contributed by atoms with Gasteiger partial charge in [0, 0.05) is 35.4 Å². The fourth-order valence-electron chi connectivity index (χ4n) is 2.83. The van der Waals surface area contributed by atoms with Gasteiger partial charge in [-0.3, -0.25) is 4.79 Å². The number of nitrogens with one attached hydrogen (secondary N) is 1. The summed E-state index contributed by atoms with van der Waals surface area (Å²) in [6.45, 7) is 2.52. The number of amides is 1. The first-order chi connectivity index (χ1) is 10.1. The molecule has 1 aliphatic heterocycles. The number of dihydropyridines is 1. The monoisotopic (exact) mass is 281 g/mol. The van der Waals surface area contributed by atoms with E-state index in [2.05, 4.69) is 10.5 Å². The van der Waals surface area contributed by atoms with E-state index in [1.165, 1.54) is 0 Å². The molecule has 1 aromatic heterocycles. The van der Waals surface area contributed by atoms with Crippen LogP contribution < -0.4 is 5.32 Å². The molecule has 0 saturated heterocycles. The second-order valence-electron chi connectivity index (χ2n) is 5.05. The number of nitroso groups, excluding NO2 is 1. The minimum Gasteiger partial charge on any atom is -0.387 e. The summed E-state index contributed by atoms with van der Waals surface area (Å²) in [5.41, 5.74) is 4.11. The first kappa shape index (κ1) is 13.3. The molecule has 1 amide bonds. The van der Waals surface area contributed by atoms with Crippen molar-refractivity contribution in [1.29, 1.82) is 0 Å². The third-order valence-electron chi connectivity index (χ3n) is 3.97. The summed E-state index contributed by atoms with van der Waals surface area (Å²) >= 11 is 0. The third kappa shape index (κ3) is 1.98. The molecule has 0 radical (unpaired) electrons. The summed E-state index contributed by atoms with van der Waals surface area (Å²) < 4.78 is 1.92. The number of rotatable bonds is 2. The zero-order valence-corrected chi connectivity index (χ0v) is 11.9. The van der Waals surface area contributed by atoms with E-state index in [0.29, 0.717) is 12.1 Å². The summed E-state index contributed by atoms with van der Waals surface area (Å²) in [6, 6.07) is 5.87. The maximum atomic E-state index is 12.0. The molecule has 106 valence electrons. The van der Waals surface area contributed by atoms with Crippen LogP contribution in [0.3, 0.4) is 0 Å². The Morgan fingerprint density at radius 3 is 2.86 bits per heavy atom. The van der Waals surface area contributed by atoms with Gasteiger partial charge in [-0.05, 0) is 36.4 Å². The van der Waals surface area contributed by atoms with Gasteiger partial charge in [-0.25, -0.2) is 0 Å². The molecule has 0 atom stereocenters. The van der Waals surface area contributed by atoms with Gasteiger partial charge in [-0.15, -0.1) is 4.91 Å². The van der Waals surface area contributed by atoms with Crippen LogP contribution in [0.5, 0.6) is 0 Å². The molecule has 0 fully saturated rings. The van der Waals surface area contributed by atoms with E-state index in [-0.39, 0.29) is 0 Å². The molecule has 2 aromatic rings. The first-order valence-electron chi connectivity index (χ1n) is 6.70. The van der Waals surface area contributed by atoms with Crippen molar-refractivity contribution >= 4 is 22.4 Å². The van der Waals surface area contributed by atoms with Gasteiger partial charge in [-0.1, -0.05) is 18.2 Å². The number of carbonyl (C=O) groups is 1. The SMILES string of the molecule is Cc1c(C(=O)N=O)c2c(C3=CC=CNC3)cccc2n1C. The second-order valence-corrected chi connectivity index (χ2v) is 5.05. The molecular formula is C16H15N3O2. The maximum absolute atomic E-state index is 12.0. The Bertz CT molecular complexity index is 813. The van der Waals surface area contributed by atoms with Crippen molar-refractivity contribution in [2.45, 2.75) is 6.92 Å². The number of aryl methyl sites for hydroxylation is 1. The van der Waals surface area contributed by atoms with Crippen molar-refractivity contribution < 1.29 is 4.79 Å². The molecule has 0 bridgehead atoms. The average molecular weight is 281 g/mol. The van der Waals surface area contributed by atoms with Crippen LogP contribution in [0.25, 0.3) is 16.5 Å². The lowest BCUT2D eigenvalue weighted by atomic mass is 9.97. The Labute approximate surface area is 121 Å². The van der Waals surface area contributed by atoms with E-state index >= 15 is 0 Å². The Hall–Kier alpha value is -2.69. The standard InChI is InChI=1S/C16H15N3O2/c1-10-14(16(20)18-21)15-12(11-5-4-8-17-9-11)6-3-7-13(15)19(10)2/h3-8,17H,9H2,1-2H3.